The molecule has 0 saturated carbocycles. The van der Waals surface area contributed by atoms with Crippen molar-refractivity contribution in [3.05, 3.63) is 23.2 Å². The highest BCUT2D eigenvalue weighted by Gasteiger charge is 2.23. The molecule has 17 heavy (non-hydrogen) atoms. The topological polar surface area (TPSA) is 86.9 Å². The molecule has 0 bridgehead atoms. The molecular weight excluding hydrogens is 270 g/mol. The predicted molar refractivity (Wildman–Crippen MR) is 59.9 cm³/mol. The maximum absolute atomic E-state index is 10.4. The van der Waals surface area contributed by atoms with Crippen molar-refractivity contribution in [2.45, 2.75) is 6.10 Å². The lowest BCUT2D eigenvalue weighted by Crippen LogP contribution is -2.37. The molecule has 1 aliphatic heterocycles. The molecule has 1 aromatic carbocycles. The summed E-state index contributed by atoms with van der Waals surface area (Å²) in [6.45, 7) is -0.0484. The van der Waals surface area contributed by atoms with Crippen molar-refractivity contribution in [1.29, 1.82) is 0 Å². The fourth-order valence-corrected chi connectivity index (χ4v) is 1.87. The lowest BCUT2D eigenvalue weighted by Gasteiger charge is -2.25. The SMILES string of the molecule is O=S(=O)(O)[N]C[C@H]1COc2cc(Cl)ccc2O1. The standard InChI is InChI=1S/C9H9ClNO5S/c10-6-1-2-8-9(3-6)15-5-7(16-8)4-11-17(12,13)14/h1-3,7H,4-5H2,(H,12,13,14)/t7-/m0/s1. The number of nitrogens with zero attached hydrogens (tertiary/aromatic N) is 1. The molecule has 2 rings (SSSR count). The Balaban J connectivity index is 2.01. The van der Waals surface area contributed by atoms with Crippen LogP contribution in [0.2, 0.25) is 5.02 Å². The molecule has 0 aromatic heterocycles. The van der Waals surface area contributed by atoms with Gasteiger partial charge in [-0.1, -0.05) is 16.3 Å². The number of benzene rings is 1. The van der Waals surface area contributed by atoms with Crippen LogP contribution in [0.4, 0.5) is 0 Å². The second kappa shape index (κ2) is 4.69. The van der Waals surface area contributed by atoms with Gasteiger partial charge in [-0.2, -0.15) is 8.42 Å². The van der Waals surface area contributed by atoms with Gasteiger partial charge in [0.15, 0.2) is 11.5 Å². The van der Waals surface area contributed by atoms with E-state index in [4.69, 9.17) is 25.6 Å². The lowest BCUT2D eigenvalue weighted by atomic mass is 10.2. The van der Waals surface area contributed by atoms with Gasteiger partial charge in [-0.15, -0.1) is 0 Å². The smallest absolute Gasteiger partial charge is 0.350 e. The maximum Gasteiger partial charge on any atom is 0.350 e. The molecular formula is C9H9ClNO5S. The number of ether oxygens (including phenoxy) is 2. The van der Waals surface area contributed by atoms with Crippen LogP contribution in [-0.4, -0.2) is 32.2 Å². The van der Waals surface area contributed by atoms with Crippen LogP contribution in [0.3, 0.4) is 0 Å². The van der Waals surface area contributed by atoms with Gasteiger partial charge >= 0.3 is 10.3 Å². The second-order valence-corrected chi connectivity index (χ2v) is 4.99. The summed E-state index contributed by atoms with van der Waals surface area (Å²) in [5.74, 6) is 0.969. The van der Waals surface area contributed by atoms with E-state index in [-0.39, 0.29) is 13.2 Å². The fraction of sp³-hybridized carbons (Fsp3) is 0.333. The number of halogens is 1. The minimum atomic E-state index is -4.34. The highest BCUT2D eigenvalue weighted by molar-refractivity contribution is 7.83. The first kappa shape index (κ1) is 12.4. The van der Waals surface area contributed by atoms with Crippen LogP contribution < -0.4 is 14.2 Å². The summed E-state index contributed by atoms with van der Waals surface area (Å²) >= 11 is 5.77. The van der Waals surface area contributed by atoms with E-state index in [1.165, 1.54) is 0 Å². The van der Waals surface area contributed by atoms with Gasteiger partial charge < -0.3 is 9.47 Å². The molecule has 0 saturated heterocycles. The van der Waals surface area contributed by atoms with Crippen molar-refractivity contribution in [1.82, 2.24) is 4.72 Å². The maximum atomic E-state index is 10.4. The van der Waals surface area contributed by atoms with Crippen molar-refractivity contribution in [3.8, 4) is 11.5 Å². The molecule has 1 aliphatic rings. The quantitative estimate of drug-likeness (QED) is 0.830. The third kappa shape index (κ3) is 3.47. The molecule has 8 heteroatoms. The fourth-order valence-electron chi connectivity index (χ4n) is 1.36. The van der Waals surface area contributed by atoms with Crippen molar-refractivity contribution in [2.24, 2.45) is 0 Å². The monoisotopic (exact) mass is 278 g/mol. The zero-order chi connectivity index (χ0) is 12.5. The average Bonchev–Trinajstić information content (AvgIpc) is 2.25. The van der Waals surface area contributed by atoms with E-state index in [9.17, 15) is 8.42 Å². The third-order valence-electron chi connectivity index (χ3n) is 2.07. The van der Waals surface area contributed by atoms with E-state index in [0.29, 0.717) is 16.5 Å². The van der Waals surface area contributed by atoms with E-state index in [1.807, 2.05) is 0 Å². The molecule has 0 fully saturated rings. The van der Waals surface area contributed by atoms with E-state index >= 15 is 0 Å². The Hall–Kier alpha value is -1.02. The Morgan fingerprint density at radius 1 is 1.47 bits per heavy atom. The zero-order valence-electron chi connectivity index (χ0n) is 8.54. The Morgan fingerprint density at radius 2 is 2.24 bits per heavy atom. The molecule has 0 unspecified atom stereocenters. The average molecular weight is 279 g/mol. The molecule has 0 amide bonds. The highest BCUT2D eigenvalue weighted by Crippen LogP contribution is 2.33. The summed E-state index contributed by atoms with van der Waals surface area (Å²) in [6, 6.07) is 4.86. The predicted octanol–water partition coefficient (Wildman–Crippen LogP) is 0.887. The van der Waals surface area contributed by atoms with Crippen LogP contribution in [0.25, 0.3) is 0 Å². The highest BCUT2D eigenvalue weighted by atomic mass is 35.5. The van der Waals surface area contributed by atoms with Gasteiger partial charge in [0.1, 0.15) is 12.7 Å². The van der Waals surface area contributed by atoms with Gasteiger partial charge in [-0.25, -0.2) is 0 Å². The first-order valence-electron chi connectivity index (χ1n) is 4.69. The molecule has 93 valence electrons. The molecule has 0 aliphatic carbocycles. The van der Waals surface area contributed by atoms with Gasteiger partial charge in [0.05, 0.1) is 6.54 Å². The van der Waals surface area contributed by atoms with Crippen molar-refractivity contribution >= 4 is 21.9 Å². The molecule has 1 radical (unpaired) electrons. The van der Waals surface area contributed by atoms with Crippen LogP contribution in [0, 0.1) is 0 Å². The molecule has 0 spiro atoms. The van der Waals surface area contributed by atoms with E-state index in [0.717, 1.165) is 0 Å². The summed E-state index contributed by atoms with van der Waals surface area (Å²) in [5, 5.41) is 0.522. The summed E-state index contributed by atoms with van der Waals surface area (Å²) in [5.41, 5.74) is 0. The number of hydrogen-bond acceptors (Lipinski definition) is 4. The van der Waals surface area contributed by atoms with Gasteiger partial charge in [0.25, 0.3) is 0 Å². The van der Waals surface area contributed by atoms with Crippen LogP contribution in [0.5, 0.6) is 11.5 Å². The van der Waals surface area contributed by atoms with Gasteiger partial charge in [-0.3, -0.25) is 4.55 Å². The molecule has 6 nitrogen and oxygen atoms in total. The normalized spacial score (nSPS) is 19.1. The second-order valence-electron chi connectivity index (χ2n) is 3.40. The molecule has 1 heterocycles. The van der Waals surface area contributed by atoms with Crippen molar-refractivity contribution in [2.75, 3.05) is 13.2 Å². The lowest BCUT2D eigenvalue weighted by molar-refractivity contribution is 0.0934. The minimum absolute atomic E-state index is 0.145. The van der Waals surface area contributed by atoms with Crippen molar-refractivity contribution in [3.63, 3.8) is 0 Å². The van der Waals surface area contributed by atoms with Crippen LogP contribution >= 0.6 is 11.6 Å². The Bertz CT molecular complexity index is 518. The first-order valence-corrected chi connectivity index (χ1v) is 6.47. The Morgan fingerprint density at radius 3 is 2.94 bits per heavy atom. The Kier molecular flexibility index (Phi) is 3.43. The third-order valence-corrected chi connectivity index (χ3v) is 2.78. The summed E-state index contributed by atoms with van der Waals surface area (Å²) < 4.78 is 43.2. The van der Waals surface area contributed by atoms with E-state index in [1.54, 1.807) is 18.2 Å². The number of fused-ring (bicyclic) bond motifs is 1. The largest absolute Gasteiger partial charge is 0.486 e. The van der Waals surface area contributed by atoms with E-state index < -0.39 is 16.4 Å². The van der Waals surface area contributed by atoms with Gasteiger partial charge in [0.2, 0.25) is 0 Å². The van der Waals surface area contributed by atoms with Gasteiger partial charge in [0, 0.05) is 11.1 Å². The Labute approximate surface area is 103 Å². The van der Waals surface area contributed by atoms with Crippen LogP contribution in [0.1, 0.15) is 0 Å². The van der Waals surface area contributed by atoms with Gasteiger partial charge in [-0.05, 0) is 12.1 Å². The summed E-state index contributed by atoms with van der Waals surface area (Å²) in [4.78, 5) is 0. The number of hydrogen-bond donors (Lipinski definition) is 1. The molecule has 1 N–H and O–H groups in total. The minimum Gasteiger partial charge on any atom is -0.486 e. The summed E-state index contributed by atoms with van der Waals surface area (Å²) in [7, 11) is -4.34. The molecule has 1 aromatic rings. The number of rotatable bonds is 3. The van der Waals surface area contributed by atoms with Crippen LogP contribution in [-0.2, 0) is 10.3 Å². The van der Waals surface area contributed by atoms with E-state index in [2.05, 4.69) is 4.72 Å². The van der Waals surface area contributed by atoms with Crippen molar-refractivity contribution < 1.29 is 22.4 Å². The zero-order valence-corrected chi connectivity index (χ0v) is 10.1. The molecule has 1 atom stereocenters. The van der Waals surface area contributed by atoms with Crippen LogP contribution in [0.15, 0.2) is 18.2 Å². The first-order chi connectivity index (χ1) is 7.94. The summed E-state index contributed by atoms with van der Waals surface area (Å²) in [6.07, 6.45) is -0.550.